The van der Waals surface area contributed by atoms with E-state index >= 15 is 0 Å². The zero-order chi connectivity index (χ0) is 18.6. The molecule has 0 aromatic rings. The van der Waals surface area contributed by atoms with Gasteiger partial charge in [0.05, 0.1) is 13.2 Å². The van der Waals surface area contributed by atoms with Crippen LogP contribution in [0.2, 0.25) is 0 Å². The van der Waals surface area contributed by atoms with E-state index in [2.05, 4.69) is 27.7 Å². The van der Waals surface area contributed by atoms with Gasteiger partial charge in [-0.15, -0.1) is 0 Å². The summed E-state index contributed by atoms with van der Waals surface area (Å²) in [5.41, 5.74) is 2.92. The van der Waals surface area contributed by atoms with Crippen molar-refractivity contribution in [2.75, 3.05) is 26.4 Å². The molecule has 142 valence electrons. The molecule has 0 atom stereocenters. The normalized spacial score (nSPS) is 11.6. The molecule has 0 unspecified atom stereocenters. The molecule has 8 nitrogen and oxygen atoms in total. The Labute approximate surface area is 144 Å². The first-order valence-electron chi connectivity index (χ1n) is 8.28. The van der Waals surface area contributed by atoms with Crippen molar-refractivity contribution in [3.63, 3.8) is 0 Å². The van der Waals surface area contributed by atoms with Crippen LogP contribution in [-0.2, 0) is 14.2 Å². The van der Waals surface area contributed by atoms with Crippen LogP contribution in [0.5, 0.6) is 0 Å². The lowest BCUT2D eigenvalue weighted by atomic mass is 9.98. The summed E-state index contributed by atoms with van der Waals surface area (Å²) in [6.07, 6.45) is -1.24. The van der Waals surface area contributed by atoms with Crippen molar-refractivity contribution < 1.29 is 28.9 Å². The van der Waals surface area contributed by atoms with E-state index in [9.17, 15) is 9.59 Å². The molecular weight excluding hydrogens is 316 g/mol. The minimum absolute atomic E-state index is 0.426. The Bertz CT molecular complexity index is 358. The Balaban J connectivity index is 4.43. The minimum Gasteiger partial charge on any atom is -0.464 e. The molecule has 0 aliphatic carbocycles. The van der Waals surface area contributed by atoms with Crippen molar-refractivity contribution in [2.45, 2.75) is 53.1 Å². The molecule has 3 N–H and O–H groups in total. The van der Waals surface area contributed by atoms with Crippen LogP contribution in [0.15, 0.2) is 0 Å². The molecule has 0 aliphatic rings. The topological polar surface area (TPSA) is 106 Å². The lowest BCUT2D eigenvalue weighted by Crippen LogP contribution is -2.45. The molecule has 8 heteroatoms. The van der Waals surface area contributed by atoms with Crippen LogP contribution in [0.25, 0.3) is 0 Å². The molecule has 0 aromatic heterocycles. The molecule has 0 rings (SSSR count). The fourth-order valence-corrected chi connectivity index (χ4v) is 1.80. The Morgan fingerprint density at radius 3 is 1.79 bits per heavy atom. The number of amides is 2. The van der Waals surface area contributed by atoms with E-state index in [0.717, 1.165) is 0 Å². The van der Waals surface area contributed by atoms with Gasteiger partial charge in [-0.1, -0.05) is 27.7 Å². The number of rotatable bonds is 11. The smallest absolute Gasteiger partial charge is 0.426 e. The highest BCUT2D eigenvalue weighted by atomic mass is 16.6. The standard InChI is InChI=1S/C16H32N2O6/c1-12(2)10-22-8-6-16(5,7-9-23-11-13(3)4)24-15(21)18-17-14(19)20/h12-13,17H,6-11H2,1-5H3,(H,18,21)(H,19,20). The molecule has 0 bridgehead atoms. The van der Waals surface area contributed by atoms with E-state index < -0.39 is 17.8 Å². The van der Waals surface area contributed by atoms with Gasteiger partial charge < -0.3 is 19.3 Å². The second-order valence-electron chi connectivity index (χ2n) is 6.83. The molecule has 24 heavy (non-hydrogen) atoms. The summed E-state index contributed by atoms with van der Waals surface area (Å²) in [5.74, 6) is 0.851. The maximum absolute atomic E-state index is 11.7. The lowest BCUT2D eigenvalue weighted by molar-refractivity contribution is -0.0325. The van der Waals surface area contributed by atoms with E-state index in [-0.39, 0.29) is 0 Å². The third kappa shape index (κ3) is 13.0. The number of hydrogen-bond donors (Lipinski definition) is 3. The van der Waals surface area contributed by atoms with Gasteiger partial charge in [0, 0.05) is 26.1 Å². The van der Waals surface area contributed by atoms with Crippen LogP contribution in [0.3, 0.4) is 0 Å². The van der Waals surface area contributed by atoms with Gasteiger partial charge in [-0.25, -0.2) is 20.4 Å². The summed E-state index contributed by atoms with van der Waals surface area (Å²) in [6, 6.07) is 0. The highest BCUT2D eigenvalue weighted by Gasteiger charge is 2.29. The first-order chi connectivity index (χ1) is 11.1. The van der Waals surface area contributed by atoms with Crippen LogP contribution in [0.4, 0.5) is 9.59 Å². The molecule has 0 aromatic carbocycles. The highest BCUT2D eigenvalue weighted by Crippen LogP contribution is 2.21. The van der Waals surface area contributed by atoms with Gasteiger partial charge in [0.2, 0.25) is 0 Å². The molecule has 0 spiro atoms. The van der Waals surface area contributed by atoms with Crippen molar-refractivity contribution in [2.24, 2.45) is 11.8 Å². The summed E-state index contributed by atoms with van der Waals surface area (Å²) in [6.45, 7) is 12.2. The summed E-state index contributed by atoms with van der Waals surface area (Å²) >= 11 is 0. The number of hydrogen-bond acceptors (Lipinski definition) is 5. The third-order valence-electron chi connectivity index (χ3n) is 3.06. The van der Waals surface area contributed by atoms with Gasteiger partial charge in [-0.3, -0.25) is 0 Å². The predicted molar refractivity (Wildman–Crippen MR) is 89.7 cm³/mol. The summed E-state index contributed by atoms with van der Waals surface area (Å²) in [7, 11) is 0. The molecule has 0 fully saturated rings. The second-order valence-corrected chi connectivity index (χ2v) is 6.83. The molecule has 0 heterocycles. The number of nitrogens with one attached hydrogen (secondary N) is 2. The average Bonchev–Trinajstić information content (AvgIpc) is 2.46. The maximum atomic E-state index is 11.7. The van der Waals surface area contributed by atoms with Crippen LogP contribution in [-0.4, -0.2) is 49.3 Å². The van der Waals surface area contributed by atoms with Crippen molar-refractivity contribution >= 4 is 12.2 Å². The molecule has 0 saturated heterocycles. The van der Waals surface area contributed by atoms with Crippen molar-refractivity contribution in [1.82, 2.24) is 10.9 Å². The van der Waals surface area contributed by atoms with E-state index in [4.69, 9.17) is 19.3 Å². The fourth-order valence-electron chi connectivity index (χ4n) is 1.80. The van der Waals surface area contributed by atoms with Gasteiger partial charge in [0.15, 0.2) is 0 Å². The van der Waals surface area contributed by atoms with Crippen molar-refractivity contribution in [3.05, 3.63) is 0 Å². The van der Waals surface area contributed by atoms with Crippen LogP contribution in [0, 0.1) is 11.8 Å². The Hall–Kier alpha value is -1.54. The van der Waals surface area contributed by atoms with E-state index in [1.54, 1.807) is 12.3 Å². The first-order valence-corrected chi connectivity index (χ1v) is 8.28. The maximum Gasteiger partial charge on any atom is 0.426 e. The number of carboxylic acid groups (broad SMARTS) is 1. The number of hydrazine groups is 1. The molecule has 0 radical (unpaired) electrons. The lowest BCUT2D eigenvalue weighted by Gasteiger charge is -2.29. The average molecular weight is 348 g/mol. The molecule has 2 amide bonds. The monoisotopic (exact) mass is 348 g/mol. The summed E-state index contributed by atoms with van der Waals surface area (Å²) < 4.78 is 16.5. The SMILES string of the molecule is CC(C)COCCC(C)(CCOCC(C)C)OC(=O)NNC(=O)O. The number of carbonyl (C=O) groups is 2. The Kier molecular flexibility index (Phi) is 11.1. The van der Waals surface area contributed by atoms with E-state index in [1.807, 2.05) is 5.43 Å². The number of ether oxygens (including phenoxy) is 3. The van der Waals surface area contributed by atoms with Gasteiger partial charge >= 0.3 is 12.2 Å². The second kappa shape index (κ2) is 11.9. The number of carbonyl (C=O) groups excluding carboxylic acids is 1. The quantitative estimate of drug-likeness (QED) is 0.391. The Morgan fingerprint density at radius 2 is 1.42 bits per heavy atom. The van der Waals surface area contributed by atoms with Gasteiger partial charge in [-0.05, 0) is 18.8 Å². The van der Waals surface area contributed by atoms with Crippen LogP contribution < -0.4 is 10.9 Å². The van der Waals surface area contributed by atoms with Gasteiger partial charge in [-0.2, -0.15) is 0 Å². The molecule has 0 saturated carbocycles. The van der Waals surface area contributed by atoms with Crippen molar-refractivity contribution in [3.8, 4) is 0 Å². The van der Waals surface area contributed by atoms with Gasteiger partial charge in [0.25, 0.3) is 0 Å². The molecular formula is C16H32N2O6. The van der Waals surface area contributed by atoms with E-state index in [1.165, 1.54) is 0 Å². The fraction of sp³-hybridized carbons (Fsp3) is 0.875. The van der Waals surface area contributed by atoms with Crippen LogP contribution in [0.1, 0.15) is 47.5 Å². The van der Waals surface area contributed by atoms with E-state index in [0.29, 0.717) is 51.1 Å². The van der Waals surface area contributed by atoms with Crippen molar-refractivity contribution in [1.29, 1.82) is 0 Å². The minimum atomic E-state index is -1.37. The molecule has 0 aliphatic heterocycles. The Morgan fingerprint density at radius 1 is 0.958 bits per heavy atom. The summed E-state index contributed by atoms with van der Waals surface area (Å²) in [5, 5.41) is 8.49. The third-order valence-corrected chi connectivity index (χ3v) is 3.06. The largest absolute Gasteiger partial charge is 0.464 e. The zero-order valence-corrected chi connectivity index (χ0v) is 15.4. The zero-order valence-electron chi connectivity index (χ0n) is 15.4. The van der Waals surface area contributed by atoms with Gasteiger partial charge in [0.1, 0.15) is 5.60 Å². The first kappa shape index (κ1) is 22.5. The predicted octanol–water partition coefficient (Wildman–Crippen LogP) is 2.78. The van der Waals surface area contributed by atoms with Crippen LogP contribution >= 0.6 is 0 Å². The summed E-state index contributed by atoms with van der Waals surface area (Å²) in [4.78, 5) is 22.1. The highest BCUT2D eigenvalue weighted by molar-refractivity contribution is 5.72.